The second-order valence-electron chi connectivity index (χ2n) is 6.20. The largest absolute Gasteiger partial charge is 0.355 e. The lowest BCUT2D eigenvalue weighted by Gasteiger charge is -1.92. The highest BCUT2D eigenvalue weighted by atomic mass is 14.8. The Bertz CT molecular complexity index is 1290. The predicted octanol–water partition coefficient (Wildman–Crippen LogP) is 4.64. The highest BCUT2D eigenvalue weighted by Crippen LogP contribution is 2.20. The monoisotopic (exact) mass is 334 g/mol. The summed E-state index contributed by atoms with van der Waals surface area (Å²) in [6.45, 7) is 0. The molecule has 0 aliphatic carbocycles. The number of terminal acetylenes is 1. The number of nitrogens with one attached hydrogen (secondary N) is 2. The van der Waals surface area contributed by atoms with Crippen molar-refractivity contribution in [3.05, 3.63) is 70.8 Å². The van der Waals surface area contributed by atoms with E-state index in [-0.39, 0.29) is 0 Å². The number of H-pyrrole nitrogens is 2. The maximum Gasteiger partial charge on any atom is 0.0815 e. The third kappa shape index (κ3) is 2.52. The third-order valence-electron chi connectivity index (χ3n) is 4.36. The molecule has 2 aliphatic rings. The summed E-state index contributed by atoms with van der Waals surface area (Å²) in [7, 11) is 0. The second kappa shape index (κ2) is 5.61. The van der Waals surface area contributed by atoms with Crippen LogP contribution in [-0.4, -0.2) is 19.9 Å². The van der Waals surface area contributed by atoms with E-state index in [1.807, 2.05) is 66.8 Å². The highest BCUT2D eigenvalue weighted by Gasteiger charge is 2.07. The minimum atomic E-state index is 0.744. The van der Waals surface area contributed by atoms with E-state index in [4.69, 9.17) is 6.42 Å². The van der Waals surface area contributed by atoms with Gasteiger partial charge in [0.2, 0.25) is 0 Å². The van der Waals surface area contributed by atoms with Gasteiger partial charge in [0.1, 0.15) is 0 Å². The van der Waals surface area contributed by atoms with Crippen molar-refractivity contribution in [2.24, 2.45) is 0 Å². The summed E-state index contributed by atoms with van der Waals surface area (Å²) >= 11 is 0. The van der Waals surface area contributed by atoms with Crippen molar-refractivity contribution in [2.75, 3.05) is 0 Å². The first kappa shape index (κ1) is 14.5. The first-order valence-corrected chi connectivity index (χ1v) is 8.31. The molecule has 0 fully saturated rings. The Balaban J connectivity index is 1.90. The van der Waals surface area contributed by atoms with Crippen molar-refractivity contribution >= 4 is 46.4 Å². The van der Waals surface area contributed by atoms with E-state index in [0.29, 0.717) is 0 Å². The molecule has 0 amide bonds. The molecule has 0 saturated heterocycles. The molecule has 0 atom stereocenters. The Morgan fingerprint density at radius 2 is 1.35 bits per heavy atom. The summed E-state index contributed by atoms with van der Waals surface area (Å²) in [5.74, 6) is 2.76. The molecule has 5 rings (SSSR count). The summed E-state index contributed by atoms with van der Waals surface area (Å²) in [6.07, 6.45) is 13.6. The Hall–Kier alpha value is -3.84. The van der Waals surface area contributed by atoms with Crippen LogP contribution in [0, 0.1) is 12.3 Å². The van der Waals surface area contributed by atoms with Crippen LogP contribution >= 0.6 is 0 Å². The number of nitrogens with zero attached hydrogens (tertiary/aromatic N) is 2. The average molecular weight is 334 g/mol. The van der Waals surface area contributed by atoms with Crippen molar-refractivity contribution in [1.82, 2.24) is 19.9 Å². The maximum absolute atomic E-state index is 5.76. The maximum atomic E-state index is 5.76. The molecule has 2 N–H and O–H groups in total. The van der Waals surface area contributed by atoms with Crippen molar-refractivity contribution in [3.63, 3.8) is 0 Å². The van der Waals surface area contributed by atoms with Crippen molar-refractivity contribution in [2.45, 2.75) is 0 Å². The van der Waals surface area contributed by atoms with E-state index in [1.165, 1.54) is 0 Å². The summed E-state index contributed by atoms with van der Waals surface area (Å²) in [5.41, 5.74) is 7.99. The van der Waals surface area contributed by atoms with Gasteiger partial charge in [-0.25, -0.2) is 9.97 Å². The number of hydrogen-bond acceptors (Lipinski definition) is 2. The van der Waals surface area contributed by atoms with Crippen LogP contribution in [0.1, 0.15) is 28.3 Å². The number of aromatic nitrogens is 4. The summed E-state index contributed by atoms with van der Waals surface area (Å²) in [4.78, 5) is 16.0. The lowest BCUT2D eigenvalue weighted by molar-refractivity contribution is 1.27. The third-order valence-corrected chi connectivity index (χ3v) is 4.36. The van der Waals surface area contributed by atoms with Crippen molar-refractivity contribution in [3.8, 4) is 12.3 Å². The first-order valence-electron chi connectivity index (χ1n) is 8.31. The van der Waals surface area contributed by atoms with Gasteiger partial charge in [-0.1, -0.05) is 5.92 Å². The second-order valence-corrected chi connectivity index (χ2v) is 6.20. The molecule has 4 nitrogen and oxygen atoms in total. The van der Waals surface area contributed by atoms with Gasteiger partial charge in [0.25, 0.3) is 0 Å². The summed E-state index contributed by atoms with van der Waals surface area (Å²) in [6, 6.07) is 14.1. The molecule has 0 spiro atoms. The predicted molar refractivity (Wildman–Crippen MR) is 107 cm³/mol. The van der Waals surface area contributed by atoms with Gasteiger partial charge in [-0.3, -0.25) is 0 Å². The fraction of sp³-hybridized carbons (Fsp3) is 0. The van der Waals surface area contributed by atoms with E-state index in [0.717, 1.165) is 50.4 Å². The lowest BCUT2D eigenvalue weighted by atomic mass is 10.2. The zero-order chi connectivity index (χ0) is 17.5. The molecule has 8 bridgehead atoms. The minimum Gasteiger partial charge on any atom is -0.355 e. The van der Waals surface area contributed by atoms with Gasteiger partial charge < -0.3 is 9.97 Å². The molecule has 4 heteroatoms. The SMILES string of the molecule is C#Cc1c2nc(cc3nc(cc4ccc(cc5ccc1[nH]5)[nH]4)C=C3)C=C2. The average Bonchev–Trinajstić information content (AvgIpc) is 3.39. The fourth-order valence-corrected chi connectivity index (χ4v) is 3.16. The fourth-order valence-electron chi connectivity index (χ4n) is 3.16. The van der Waals surface area contributed by atoms with E-state index in [9.17, 15) is 0 Å². The molecule has 26 heavy (non-hydrogen) atoms. The molecule has 0 saturated carbocycles. The van der Waals surface area contributed by atoms with Crippen LogP contribution in [0.25, 0.3) is 46.4 Å². The zero-order valence-corrected chi connectivity index (χ0v) is 13.8. The molecule has 0 radical (unpaired) electrons. The van der Waals surface area contributed by atoms with Crippen LogP contribution in [0.3, 0.4) is 0 Å². The van der Waals surface area contributed by atoms with Crippen molar-refractivity contribution < 1.29 is 0 Å². The topological polar surface area (TPSA) is 57.4 Å². The van der Waals surface area contributed by atoms with Crippen LogP contribution in [0.5, 0.6) is 0 Å². The lowest BCUT2D eigenvalue weighted by Crippen LogP contribution is -1.83. The van der Waals surface area contributed by atoms with Gasteiger partial charge in [0.15, 0.2) is 0 Å². The quantitative estimate of drug-likeness (QED) is 0.405. The molecule has 2 aliphatic heterocycles. The van der Waals surface area contributed by atoms with Crippen LogP contribution in [0.15, 0.2) is 42.5 Å². The summed E-state index contributed by atoms with van der Waals surface area (Å²) in [5, 5.41) is 0. The van der Waals surface area contributed by atoms with Crippen LogP contribution in [0.4, 0.5) is 0 Å². The van der Waals surface area contributed by atoms with Gasteiger partial charge >= 0.3 is 0 Å². The van der Waals surface area contributed by atoms with Crippen LogP contribution in [0.2, 0.25) is 0 Å². The Kier molecular flexibility index (Phi) is 3.13. The zero-order valence-electron chi connectivity index (χ0n) is 13.8. The molecular formula is C22H14N4. The number of fused-ring (bicyclic) bond motifs is 8. The van der Waals surface area contributed by atoms with Gasteiger partial charge in [0, 0.05) is 16.6 Å². The molecule has 5 heterocycles. The Morgan fingerprint density at radius 3 is 2.19 bits per heavy atom. The minimum absolute atomic E-state index is 0.744. The molecule has 3 aromatic heterocycles. The first-order chi connectivity index (χ1) is 12.8. The summed E-state index contributed by atoms with van der Waals surface area (Å²) < 4.78 is 0. The van der Waals surface area contributed by atoms with Gasteiger partial charge in [0.05, 0.1) is 33.9 Å². The number of rotatable bonds is 0. The normalized spacial score (nSPS) is 12.3. The van der Waals surface area contributed by atoms with E-state index < -0.39 is 0 Å². The molecular weight excluding hydrogens is 320 g/mol. The van der Waals surface area contributed by atoms with E-state index in [2.05, 4.69) is 25.9 Å². The number of hydrogen-bond donors (Lipinski definition) is 2. The Morgan fingerprint density at radius 1 is 0.692 bits per heavy atom. The van der Waals surface area contributed by atoms with Crippen LogP contribution < -0.4 is 0 Å². The van der Waals surface area contributed by atoms with Crippen LogP contribution in [-0.2, 0) is 0 Å². The van der Waals surface area contributed by atoms with E-state index in [1.54, 1.807) is 0 Å². The van der Waals surface area contributed by atoms with Crippen molar-refractivity contribution in [1.29, 1.82) is 0 Å². The smallest absolute Gasteiger partial charge is 0.0815 e. The van der Waals surface area contributed by atoms with Gasteiger partial charge in [-0.05, 0) is 66.8 Å². The molecule has 0 aromatic carbocycles. The Labute approximate surface area is 150 Å². The van der Waals surface area contributed by atoms with Gasteiger partial charge in [-0.15, -0.1) is 6.42 Å². The molecule has 0 unspecified atom stereocenters. The highest BCUT2D eigenvalue weighted by molar-refractivity contribution is 5.81. The molecule has 3 aromatic rings. The standard InChI is InChI=1S/C22H14N4/c1-2-20-21-9-7-18(25-21)12-16-5-3-14(23-16)11-15-4-6-17(24-15)13-19-8-10-22(20)26-19/h1,3-13,23,25H. The molecule has 122 valence electrons. The van der Waals surface area contributed by atoms with E-state index >= 15 is 0 Å². The number of aromatic amines is 2. The van der Waals surface area contributed by atoms with Gasteiger partial charge in [-0.2, -0.15) is 0 Å².